The second-order valence-corrected chi connectivity index (χ2v) is 8.11. The third-order valence-corrected chi connectivity index (χ3v) is 6.90. The first-order chi connectivity index (χ1) is 9.53. The molecule has 0 bridgehead atoms. The van der Waals surface area contributed by atoms with E-state index in [-0.39, 0.29) is 0 Å². The summed E-state index contributed by atoms with van der Waals surface area (Å²) in [6.07, 6.45) is 3.33. The Kier molecular flexibility index (Phi) is 5.23. The van der Waals surface area contributed by atoms with Crippen molar-refractivity contribution in [1.82, 2.24) is 0 Å². The van der Waals surface area contributed by atoms with Crippen LogP contribution in [0.4, 0.5) is 5.69 Å². The fourth-order valence-corrected chi connectivity index (χ4v) is 5.19. The maximum absolute atomic E-state index is 12.2. The van der Waals surface area contributed by atoms with Crippen LogP contribution >= 0.6 is 27.3 Å². The molecule has 0 radical (unpaired) electrons. The quantitative estimate of drug-likeness (QED) is 0.800. The Balaban J connectivity index is 2.12. The largest absolute Gasteiger partial charge is 0.279 e. The molecule has 108 valence electrons. The van der Waals surface area contributed by atoms with Gasteiger partial charge in [0.2, 0.25) is 0 Å². The van der Waals surface area contributed by atoms with Crippen molar-refractivity contribution in [2.24, 2.45) is 0 Å². The highest BCUT2D eigenvalue weighted by atomic mass is 79.9. The zero-order valence-electron chi connectivity index (χ0n) is 11.1. The Morgan fingerprint density at radius 3 is 2.45 bits per heavy atom. The molecule has 0 atom stereocenters. The molecule has 1 N–H and O–H groups in total. The molecule has 0 amide bonds. The second kappa shape index (κ2) is 6.74. The molecule has 2 rings (SSSR count). The molecule has 0 aliphatic rings. The van der Waals surface area contributed by atoms with E-state index in [0.29, 0.717) is 14.4 Å². The van der Waals surface area contributed by atoms with E-state index in [2.05, 4.69) is 27.6 Å². The van der Waals surface area contributed by atoms with Gasteiger partial charge >= 0.3 is 0 Å². The van der Waals surface area contributed by atoms with Crippen molar-refractivity contribution >= 4 is 43.0 Å². The summed E-state index contributed by atoms with van der Waals surface area (Å²) in [5.41, 5.74) is 1.82. The van der Waals surface area contributed by atoms with Gasteiger partial charge in [0.25, 0.3) is 10.0 Å². The van der Waals surface area contributed by atoms with Crippen molar-refractivity contribution < 1.29 is 8.42 Å². The lowest BCUT2D eigenvalue weighted by Gasteiger charge is -2.08. The van der Waals surface area contributed by atoms with Crippen LogP contribution in [0.15, 0.2) is 44.4 Å². The normalized spacial score (nSPS) is 11.5. The van der Waals surface area contributed by atoms with Crippen LogP contribution in [-0.2, 0) is 16.4 Å². The van der Waals surface area contributed by atoms with E-state index >= 15 is 0 Å². The summed E-state index contributed by atoms with van der Waals surface area (Å²) in [5, 5.41) is 1.74. The minimum absolute atomic E-state index is 0.299. The molecule has 2 aromatic rings. The molecule has 1 aromatic carbocycles. The van der Waals surface area contributed by atoms with Crippen LogP contribution in [0.1, 0.15) is 25.3 Å². The number of aryl methyl sites for hydroxylation is 1. The Hall–Kier alpha value is -0.850. The van der Waals surface area contributed by atoms with Crippen LogP contribution in [0, 0.1) is 0 Å². The third-order valence-electron chi connectivity index (χ3n) is 2.85. The number of thiophene rings is 1. The van der Waals surface area contributed by atoms with Gasteiger partial charge in [-0.3, -0.25) is 4.72 Å². The van der Waals surface area contributed by atoms with Crippen molar-refractivity contribution in [3.63, 3.8) is 0 Å². The van der Waals surface area contributed by atoms with E-state index in [1.54, 1.807) is 11.4 Å². The average Bonchev–Trinajstić information content (AvgIpc) is 2.85. The first-order valence-electron chi connectivity index (χ1n) is 6.37. The number of rotatable bonds is 6. The smallest absolute Gasteiger partial charge is 0.272 e. The highest BCUT2D eigenvalue weighted by Gasteiger charge is 2.19. The molecule has 0 saturated heterocycles. The summed E-state index contributed by atoms with van der Waals surface area (Å²) in [4.78, 5) is 0. The number of benzene rings is 1. The number of anilines is 1. The molecule has 1 heterocycles. The Morgan fingerprint density at radius 1 is 1.20 bits per heavy atom. The van der Waals surface area contributed by atoms with E-state index in [4.69, 9.17) is 0 Å². The Bertz CT molecular complexity index is 663. The Labute approximate surface area is 132 Å². The minimum atomic E-state index is -3.51. The predicted octanol–water partition coefficient (Wildman–Crippen LogP) is 4.65. The number of halogens is 1. The summed E-state index contributed by atoms with van der Waals surface area (Å²) in [6, 6.07) is 9.29. The number of hydrogen-bond donors (Lipinski definition) is 1. The minimum Gasteiger partial charge on any atom is -0.279 e. The van der Waals surface area contributed by atoms with E-state index < -0.39 is 10.0 Å². The van der Waals surface area contributed by atoms with Gasteiger partial charge in [-0.15, -0.1) is 11.3 Å². The van der Waals surface area contributed by atoms with Gasteiger partial charge in [0.05, 0.1) is 0 Å². The highest BCUT2D eigenvalue weighted by Crippen LogP contribution is 2.29. The van der Waals surface area contributed by atoms with Crippen LogP contribution in [0.2, 0.25) is 0 Å². The van der Waals surface area contributed by atoms with Crippen LogP contribution in [0.5, 0.6) is 0 Å². The van der Waals surface area contributed by atoms with Crippen molar-refractivity contribution in [2.45, 2.75) is 30.4 Å². The van der Waals surface area contributed by atoms with Crippen LogP contribution in [0.3, 0.4) is 0 Å². The summed E-state index contributed by atoms with van der Waals surface area (Å²) in [5.74, 6) is 0. The summed E-state index contributed by atoms with van der Waals surface area (Å²) in [7, 11) is -3.51. The maximum Gasteiger partial charge on any atom is 0.272 e. The fraction of sp³-hybridized carbons (Fsp3) is 0.286. The molecular weight excluding hydrogens is 358 g/mol. The summed E-state index contributed by atoms with van der Waals surface area (Å²) >= 11 is 4.44. The standard InChI is InChI=1S/C14H16BrNO2S2/c1-2-3-4-11-5-7-12(8-6-11)16-20(17,18)14-13(15)9-10-19-14/h5-10,16H,2-4H2,1H3. The molecule has 0 unspecified atom stereocenters. The molecule has 0 aliphatic carbocycles. The lowest BCUT2D eigenvalue weighted by molar-refractivity contribution is 0.603. The number of nitrogens with one attached hydrogen (secondary N) is 1. The Morgan fingerprint density at radius 2 is 1.90 bits per heavy atom. The molecular formula is C14H16BrNO2S2. The maximum atomic E-state index is 12.2. The molecule has 0 fully saturated rings. The van der Waals surface area contributed by atoms with Crippen LogP contribution in [-0.4, -0.2) is 8.42 Å². The predicted molar refractivity (Wildman–Crippen MR) is 87.9 cm³/mol. The lowest BCUT2D eigenvalue weighted by Crippen LogP contribution is -2.11. The average molecular weight is 374 g/mol. The van der Waals surface area contributed by atoms with E-state index in [0.717, 1.165) is 19.3 Å². The van der Waals surface area contributed by atoms with Gasteiger partial charge in [0.15, 0.2) is 4.21 Å². The van der Waals surface area contributed by atoms with Gasteiger partial charge < -0.3 is 0 Å². The molecule has 0 spiro atoms. The second-order valence-electron chi connectivity index (χ2n) is 4.46. The molecule has 0 saturated carbocycles. The van der Waals surface area contributed by atoms with Crippen molar-refractivity contribution in [3.05, 3.63) is 45.7 Å². The fourth-order valence-electron chi connectivity index (χ4n) is 1.79. The van der Waals surface area contributed by atoms with Gasteiger partial charge in [-0.1, -0.05) is 25.5 Å². The molecule has 6 heteroatoms. The molecule has 3 nitrogen and oxygen atoms in total. The molecule has 1 aromatic heterocycles. The first-order valence-corrected chi connectivity index (χ1v) is 9.53. The monoisotopic (exact) mass is 373 g/mol. The summed E-state index contributed by atoms with van der Waals surface area (Å²) in [6.45, 7) is 2.15. The summed E-state index contributed by atoms with van der Waals surface area (Å²) < 4.78 is 27.9. The molecule has 20 heavy (non-hydrogen) atoms. The van der Waals surface area contributed by atoms with Crippen molar-refractivity contribution in [3.8, 4) is 0 Å². The van der Waals surface area contributed by atoms with Gasteiger partial charge in [-0.25, -0.2) is 8.42 Å². The SMILES string of the molecule is CCCCc1ccc(NS(=O)(=O)c2sccc2Br)cc1. The zero-order chi connectivity index (χ0) is 14.6. The first kappa shape index (κ1) is 15.5. The number of unbranched alkanes of at least 4 members (excludes halogenated alkanes) is 1. The van der Waals surface area contributed by atoms with Crippen LogP contribution in [0.25, 0.3) is 0 Å². The highest BCUT2D eigenvalue weighted by molar-refractivity contribution is 9.10. The zero-order valence-corrected chi connectivity index (χ0v) is 14.3. The van der Waals surface area contributed by atoms with Crippen molar-refractivity contribution in [1.29, 1.82) is 0 Å². The van der Waals surface area contributed by atoms with Gasteiger partial charge in [-0.05, 0) is 57.9 Å². The number of hydrogen-bond acceptors (Lipinski definition) is 3. The third kappa shape index (κ3) is 3.84. The van der Waals surface area contributed by atoms with Gasteiger partial charge in [0, 0.05) is 10.2 Å². The topological polar surface area (TPSA) is 46.2 Å². The lowest BCUT2D eigenvalue weighted by atomic mass is 10.1. The number of sulfonamides is 1. The van der Waals surface area contributed by atoms with Crippen molar-refractivity contribution in [2.75, 3.05) is 4.72 Å². The van der Waals surface area contributed by atoms with E-state index in [9.17, 15) is 8.42 Å². The molecule has 0 aliphatic heterocycles. The van der Waals surface area contributed by atoms with Gasteiger partial charge in [0.1, 0.15) is 0 Å². The van der Waals surface area contributed by atoms with Gasteiger partial charge in [-0.2, -0.15) is 0 Å². The van der Waals surface area contributed by atoms with E-state index in [1.165, 1.54) is 16.9 Å². The van der Waals surface area contributed by atoms with Crippen LogP contribution < -0.4 is 4.72 Å². The van der Waals surface area contributed by atoms with E-state index in [1.807, 2.05) is 24.3 Å².